The van der Waals surface area contributed by atoms with E-state index in [9.17, 15) is 4.79 Å². The van der Waals surface area contributed by atoms with Crippen LogP contribution >= 0.6 is 15.9 Å². The van der Waals surface area contributed by atoms with Crippen molar-refractivity contribution in [2.24, 2.45) is 0 Å². The molecule has 0 N–H and O–H groups in total. The van der Waals surface area contributed by atoms with Gasteiger partial charge in [-0.25, -0.2) is 4.79 Å². The van der Waals surface area contributed by atoms with Crippen LogP contribution in [-0.4, -0.2) is 48.3 Å². The Morgan fingerprint density at radius 1 is 1.36 bits per heavy atom. The third kappa shape index (κ3) is 3.60. The summed E-state index contributed by atoms with van der Waals surface area (Å²) in [5.41, 5.74) is 0. The molecule has 0 radical (unpaired) electrons. The summed E-state index contributed by atoms with van der Waals surface area (Å²) >= 11 is 3.28. The summed E-state index contributed by atoms with van der Waals surface area (Å²) in [7, 11) is 3.60. The van der Waals surface area contributed by atoms with E-state index in [1.807, 2.05) is 6.92 Å². The van der Waals surface area contributed by atoms with Gasteiger partial charge in [0, 0.05) is 32.5 Å². The van der Waals surface area contributed by atoms with Crippen LogP contribution < -0.4 is 0 Å². The van der Waals surface area contributed by atoms with Gasteiger partial charge < -0.3 is 9.80 Å². The van der Waals surface area contributed by atoms with E-state index in [4.69, 9.17) is 0 Å². The summed E-state index contributed by atoms with van der Waals surface area (Å²) in [6, 6.07) is 0.0759. The van der Waals surface area contributed by atoms with Gasteiger partial charge in [-0.1, -0.05) is 15.9 Å². The average Bonchev–Trinajstić information content (AvgIpc) is 2.02. The van der Waals surface area contributed by atoms with Crippen molar-refractivity contribution in [2.45, 2.75) is 6.92 Å². The molecule has 0 aliphatic heterocycles. The fourth-order valence-electron chi connectivity index (χ4n) is 0.649. The van der Waals surface area contributed by atoms with Crippen molar-refractivity contribution in [1.29, 1.82) is 0 Å². The quantitative estimate of drug-likeness (QED) is 0.663. The SMILES string of the molecule is CCN(C)C(=O)N(C)CCBr. The van der Waals surface area contributed by atoms with Gasteiger partial charge in [0.1, 0.15) is 0 Å². The van der Waals surface area contributed by atoms with Crippen LogP contribution in [0.5, 0.6) is 0 Å². The molecule has 66 valence electrons. The number of alkyl halides is 1. The van der Waals surface area contributed by atoms with Crippen LogP contribution in [0.3, 0.4) is 0 Å². The monoisotopic (exact) mass is 222 g/mol. The number of rotatable bonds is 3. The molecule has 0 aliphatic rings. The van der Waals surface area contributed by atoms with Gasteiger partial charge in [-0.2, -0.15) is 0 Å². The van der Waals surface area contributed by atoms with Crippen molar-refractivity contribution in [3.8, 4) is 0 Å². The maximum atomic E-state index is 11.3. The lowest BCUT2D eigenvalue weighted by atomic mass is 10.6. The summed E-state index contributed by atoms with van der Waals surface area (Å²) in [6.45, 7) is 3.47. The fourth-order valence-corrected chi connectivity index (χ4v) is 1.18. The van der Waals surface area contributed by atoms with Crippen LogP contribution in [0.2, 0.25) is 0 Å². The molecule has 0 aliphatic carbocycles. The number of halogens is 1. The highest BCUT2D eigenvalue weighted by molar-refractivity contribution is 9.09. The van der Waals surface area contributed by atoms with E-state index in [0.29, 0.717) is 0 Å². The lowest BCUT2D eigenvalue weighted by Crippen LogP contribution is -2.39. The summed E-state index contributed by atoms with van der Waals surface area (Å²) in [5, 5.41) is 0.826. The third-order valence-corrected chi connectivity index (χ3v) is 1.90. The van der Waals surface area contributed by atoms with Crippen LogP contribution in [0.25, 0.3) is 0 Å². The molecule has 0 saturated heterocycles. The van der Waals surface area contributed by atoms with Crippen molar-refractivity contribution >= 4 is 22.0 Å². The van der Waals surface area contributed by atoms with Crippen LogP contribution in [-0.2, 0) is 0 Å². The van der Waals surface area contributed by atoms with Crippen molar-refractivity contribution in [3.05, 3.63) is 0 Å². The lowest BCUT2D eigenvalue weighted by molar-refractivity contribution is 0.178. The van der Waals surface area contributed by atoms with E-state index >= 15 is 0 Å². The van der Waals surface area contributed by atoms with Gasteiger partial charge in [0.2, 0.25) is 0 Å². The van der Waals surface area contributed by atoms with Crippen LogP contribution in [0, 0.1) is 0 Å². The molecule has 11 heavy (non-hydrogen) atoms. The number of carbonyl (C=O) groups excluding carboxylic acids is 1. The molecule has 0 aromatic carbocycles. The molecule has 0 bridgehead atoms. The molecule has 0 rings (SSSR count). The molecule has 0 spiro atoms. The lowest BCUT2D eigenvalue weighted by Gasteiger charge is -2.22. The van der Waals surface area contributed by atoms with Gasteiger partial charge in [0.25, 0.3) is 0 Å². The maximum Gasteiger partial charge on any atom is 0.319 e. The Kier molecular flexibility index (Phi) is 5.28. The molecule has 0 atom stereocenters. The topological polar surface area (TPSA) is 23.6 Å². The van der Waals surface area contributed by atoms with Gasteiger partial charge in [-0.05, 0) is 6.92 Å². The first-order chi connectivity index (χ1) is 5.13. The summed E-state index contributed by atoms with van der Waals surface area (Å²) < 4.78 is 0. The van der Waals surface area contributed by atoms with Crippen molar-refractivity contribution < 1.29 is 4.79 Å². The number of hydrogen-bond acceptors (Lipinski definition) is 1. The van der Waals surface area contributed by atoms with E-state index in [0.717, 1.165) is 18.4 Å². The highest BCUT2D eigenvalue weighted by Gasteiger charge is 2.10. The minimum Gasteiger partial charge on any atom is -0.328 e. The van der Waals surface area contributed by atoms with Crippen molar-refractivity contribution in [3.63, 3.8) is 0 Å². The Labute approximate surface area is 76.5 Å². The Morgan fingerprint density at radius 2 is 1.91 bits per heavy atom. The van der Waals surface area contributed by atoms with Crippen LogP contribution in [0.15, 0.2) is 0 Å². The predicted octanol–water partition coefficient (Wildman–Crippen LogP) is 1.38. The maximum absolute atomic E-state index is 11.3. The average molecular weight is 223 g/mol. The Morgan fingerprint density at radius 3 is 2.27 bits per heavy atom. The second kappa shape index (κ2) is 5.41. The highest BCUT2D eigenvalue weighted by atomic mass is 79.9. The largest absolute Gasteiger partial charge is 0.328 e. The first-order valence-electron chi connectivity index (χ1n) is 3.65. The molecule has 4 heteroatoms. The van der Waals surface area contributed by atoms with Gasteiger partial charge in [-0.3, -0.25) is 0 Å². The predicted molar refractivity (Wildman–Crippen MR) is 50.1 cm³/mol. The summed E-state index contributed by atoms with van der Waals surface area (Å²) in [5.74, 6) is 0. The van der Waals surface area contributed by atoms with Gasteiger partial charge in [0.05, 0.1) is 0 Å². The molecule has 2 amide bonds. The fraction of sp³-hybridized carbons (Fsp3) is 0.857. The normalized spacial score (nSPS) is 9.45. The molecule has 0 fully saturated rings. The highest BCUT2D eigenvalue weighted by Crippen LogP contribution is 1.94. The first kappa shape index (κ1) is 10.8. The second-order valence-corrected chi connectivity index (χ2v) is 3.20. The van der Waals surface area contributed by atoms with Crippen molar-refractivity contribution in [2.75, 3.05) is 32.5 Å². The van der Waals surface area contributed by atoms with Crippen LogP contribution in [0.4, 0.5) is 4.79 Å². The summed E-state index contributed by atoms with van der Waals surface area (Å²) in [6.07, 6.45) is 0. The molecule has 0 aromatic heterocycles. The first-order valence-corrected chi connectivity index (χ1v) is 4.77. The van der Waals surface area contributed by atoms with E-state index in [1.54, 1.807) is 23.9 Å². The second-order valence-electron chi connectivity index (χ2n) is 2.41. The third-order valence-electron chi connectivity index (χ3n) is 1.55. The van der Waals surface area contributed by atoms with E-state index in [-0.39, 0.29) is 6.03 Å². The Bertz CT molecular complexity index is 130. The van der Waals surface area contributed by atoms with Gasteiger partial charge in [0.15, 0.2) is 0 Å². The molecule has 0 aromatic rings. The standard InChI is InChI=1S/C7H15BrN2O/c1-4-9(2)7(11)10(3)6-5-8/h4-6H2,1-3H3. The summed E-state index contributed by atoms with van der Waals surface area (Å²) in [4.78, 5) is 14.7. The Balaban J connectivity index is 3.81. The van der Waals surface area contributed by atoms with E-state index in [1.165, 1.54) is 0 Å². The number of carbonyl (C=O) groups is 1. The zero-order valence-electron chi connectivity index (χ0n) is 7.30. The smallest absolute Gasteiger partial charge is 0.319 e. The van der Waals surface area contributed by atoms with E-state index < -0.39 is 0 Å². The molecule has 3 nitrogen and oxygen atoms in total. The molecular weight excluding hydrogens is 208 g/mol. The number of amides is 2. The number of urea groups is 1. The van der Waals surface area contributed by atoms with E-state index in [2.05, 4.69) is 15.9 Å². The Hall–Kier alpha value is -0.250. The number of hydrogen-bond donors (Lipinski definition) is 0. The molecule has 0 saturated carbocycles. The number of nitrogens with zero attached hydrogens (tertiary/aromatic N) is 2. The van der Waals surface area contributed by atoms with Gasteiger partial charge >= 0.3 is 6.03 Å². The molecule has 0 heterocycles. The zero-order valence-corrected chi connectivity index (χ0v) is 8.89. The molecular formula is C7H15BrN2O. The van der Waals surface area contributed by atoms with Gasteiger partial charge in [-0.15, -0.1) is 0 Å². The minimum atomic E-state index is 0.0759. The zero-order chi connectivity index (χ0) is 8.85. The minimum absolute atomic E-state index is 0.0759. The molecule has 0 unspecified atom stereocenters. The van der Waals surface area contributed by atoms with Crippen molar-refractivity contribution in [1.82, 2.24) is 9.80 Å². The van der Waals surface area contributed by atoms with Crippen LogP contribution in [0.1, 0.15) is 6.92 Å².